The summed E-state index contributed by atoms with van der Waals surface area (Å²) in [5.41, 5.74) is 5.97. The van der Waals surface area contributed by atoms with E-state index in [1.54, 1.807) is 86.3 Å². The molecule has 8 rings (SSSR count). The average Bonchev–Trinajstić information content (AvgIpc) is 3.75. The molecule has 22 heteroatoms. The first-order valence-corrected chi connectivity index (χ1v) is 17.7. The Bertz CT molecular complexity index is 2440. The van der Waals surface area contributed by atoms with Crippen LogP contribution >= 0.6 is 12.4 Å². The van der Waals surface area contributed by atoms with E-state index in [4.69, 9.17) is 20.3 Å². The van der Waals surface area contributed by atoms with Gasteiger partial charge in [0.2, 0.25) is 11.6 Å². The number of amides is 3. The van der Waals surface area contributed by atoms with E-state index < -0.39 is 52.9 Å². The Hall–Kier alpha value is -7.39. The van der Waals surface area contributed by atoms with Crippen LogP contribution in [0.4, 0.5) is 20.4 Å². The molecule has 0 spiro atoms. The van der Waals surface area contributed by atoms with Gasteiger partial charge in [-0.1, -0.05) is 19.6 Å². The number of aromatic nitrogens is 8. The van der Waals surface area contributed by atoms with Gasteiger partial charge in [-0.25, -0.2) is 23.5 Å². The molecule has 0 saturated heterocycles. The number of hydrogen-bond donors (Lipinski definition) is 3. The molecule has 0 radical (unpaired) electrons. The van der Waals surface area contributed by atoms with Gasteiger partial charge in [-0.3, -0.25) is 43.5 Å². The highest BCUT2D eigenvalue weighted by atomic mass is 35.5. The Morgan fingerprint density at radius 2 is 1.21 bits per heavy atom. The van der Waals surface area contributed by atoms with Crippen molar-refractivity contribution in [3.05, 3.63) is 132 Å². The molecule has 2 atom stereocenters. The summed E-state index contributed by atoms with van der Waals surface area (Å²) in [4.78, 5) is 66.5. The molecule has 4 N–H and O–H groups in total. The van der Waals surface area contributed by atoms with Crippen molar-refractivity contribution in [2.24, 2.45) is 5.73 Å². The monoisotopic (exact) mass is 862 g/mol. The topological polar surface area (TPSA) is 239 Å². The van der Waals surface area contributed by atoms with Gasteiger partial charge in [0, 0.05) is 38.9 Å². The van der Waals surface area contributed by atoms with Crippen LogP contribution in [0.3, 0.4) is 0 Å². The van der Waals surface area contributed by atoms with Crippen LogP contribution in [0.1, 0.15) is 39.8 Å². The molecule has 3 amide bonds. The number of pyridine rings is 4. The quantitative estimate of drug-likeness (QED) is 0.209. The normalized spacial score (nSPS) is 15.2. The number of carboxylic acids is 1. The minimum Gasteiger partial charge on any atom is -0.488 e. The van der Waals surface area contributed by atoms with Gasteiger partial charge in [0.25, 0.3) is 11.8 Å². The molecule has 0 fully saturated rings. The standard InChI is InChI=1S/C19H17FN6O3.C10H8FN3O2.C9H11N3O2.CH4.ClH/c1-25-17-15(6-4-8-22-17)29-11-14(19(25)28)23-18(27)16-13(20)10-26(24-16)9-12-5-2-3-7-21-12;11-8-6-14(13-9(8)10(15)16)5-7-3-1-2-4-12-7;1-12-8-7(3-2-4-11-8)14-5-6(10)9(12)13;;/h2-8,10,14H,9,11H2,1H3,(H,23,27);1-4,6H,5H2,(H,15,16);2-4,6H,5,10H2,1H3;1H4;1H/t14-;;6-;;/m0.0../s1. The number of nitrogens with one attached hydrogen (secondary N) is 1. The second kappa shape index (κ2) is 21.0. The van der Waals surface area contributed by atoms with E-state index in [2.05, 4.69) is 35.5 Å². The first kappa shape index (κ1) is 46.3. The minimum absolute atomic E-state index is 0. The zero-order chi connectivity index (χ0) is 42.1. The number of nitrogens with zero attached hydrogens (tertiary/aromatic N) is 10. The van der Waals surface area contributed by atoms with Crippen molar-refractivity contribution in [3.63, 3.8) is 0 Å². The molecule has 6 aromatic rings. The maximum atomic E-state index is 14.3. The number of fused-ring (bicyclic) bond motifs is 2. The third-order valence-corrected chi connectivity index (χ3v) is 8.49. The van der Waals surface area contributed by atoms with Gasteiger partial charge >= 0.3 is 5.97 Å². The van der Waals surface area contributed by atoms with Crippen LogP contribution in [-0.2, 0) is 22.7 Å². The van der Waals surface area contributed by atoms with Crippen LogP contribution in [0.25, 0.3) is 0 Å². The van der Waals surface area contributed by atoms with Crippen molar-refractivity contribution < 1.29 is 42.5 Å². The van der Waals surface area contributed by atoms with E-state index >= 15 is 0 Å². The van der Waals surface area contributed by atoms with Crippen molar-refractivity contribution in [3.8, 4) is 11.5 Å². The SMILES string of the molecule is C.CN1C(=O)[C@@H](N)COc2cccnc21.CN1C(=O)[C@@H](NC(=O)c2nn(Cc3ccccn3)cc2F)COc2cccnc21.Cl.O=C(O)c1nn(Cc2ccccn2)cc1F. The summed E-state index contributed by atoms with van der Waals surface area (Å²) in [5.74, 6) is -2.55. The number of likely N-dealkylation sites (N-methyl/N-ethyl adjacent to an activating group) is 2. The largest absolute Gasteiger partial charge is 0.488 e. The van der Waals surface area contributed by atoms with Gasteiger partial charge in [-0.05, 0) is 48.5 Å². The predicted molar refractivity (Wildman–Crippen MR) is 217 cm³/mol. The molecule has 0 aromatic carbocycles. The van der Waals surface area contributed by atoms with Gasteiger partial charge in [-0.2, -0.15) is 10.2 Å². The molecule has 0 saturated carbocycles. The molecule has 2 aliphatic rings. The lowest BCUT2D eigenvalue weighted by Crippen LogP contribution is -2.49. The van der Waals surface area contributed by atoms with Crippen molar-refractivity contribution in [2.75, 3.05) is 37.1 Å². The number of rotatable bonds is 7. The Labute approximate surface area is 353 Å². The molecular weight excluding hydrogens is 822 g/mol. The third-order valence-electron chi connectivity index (χ3n) is 8.49. The maximum absolute atomic E-state index is 14.3. The fourth-order valence-electron chi connectivity index (χ4n) is 5.58. The highest BCUT2D eigenvalue weighted by Gasteiger charge is 2.33. The van der Waals surface area contributed by atoms with E-state index in [-0.39, 0.29) is 52.0 Å². The van der Waals surface area contributed by atoms with Crippen LogP contribution in [0.2, 0.25) is 0 Å². The summed E-state index contributed by atoms with van der Waals surface area (Å²) in [7, 11) is 3.17. The first-order chi connectivity index (χ1) is 28.4. The summed E-state index contributed by atoms with van der Waals surface area (Å²) in [6.07, 6.45) is 8.52. The zero-order valence-electron chi connectivity index (χ0n) is 31.8. The van der Waals surface area contributed by atoms with Crippen LogP contribution in [0.5, 0.6) is 11.5 Å². The number of halogens is 3. The van der Waals surface area contributed by atoms with Gasteiger partial charge in [0.15, 0.2) is 40.5 Å². The molecule has 320 valence electrons. The fraction of sp³-hybridized carbons (Fsp3) is 0.231. The summed E-state index contributed by atoms with van der Waals surface area (Å²) in [6, 6.07) is 15.9. The molecule has 8 heterocycles. The van der Waals surface area contributed by atoms with Crippen LogP contribution in [0.15, 0.2) is 97.8 Å². The van der Waals surface area contributed by atoms with E-state index in [9.17, 15) is 28.0 Å². The predicted octanol–water partition coefficient (Wildman–Crippen LogP) is 3.00. The van der Waals surface area contributed by atoms with Crippen molar-refractivity contribution in [1.29, 1.82) is 0 Å². The molecular formula is C39H41ClF2N12O7. The van der Waals surface area contributed by atoms with Crippen LogP contribution in [-0.4, -0.2) is 108 Å². The number of hydrogen-bond acceptors (Lipinski definition) is 13. The molecule has 61 heavy (non-hydrogen) atoms. The molecule has 0 bridgehead atoms. The van der Waals surface area contributed by atoms with Crippen molar-refractivity contribution in [2.45, 2.75) is 32.6 Å². The second-order valence-corrected chi connectivity index (χ2v) is 12.7. The summed E-state index contributed by atoms with van der Waals surface area (Å²) < 4.78 is 40.8. The molecule has 6 aromatic heterocycles. The third kappa shape index (κ3) is 11.4. The van der Waals surface area contributed by atoms with Crippen molar-refractivity contribution >= 4 is 47.7 Å². The summed E-state index contributed by atoms with van der Waals surface area (Å²) in [6.45, 7) is 0.539. The number of carbonyl (C=O) groups excluding carboxylic acids is 3. The van der Waals surface area contributed by atoms with E-state index in [1.807, 2.05) is 0 Å². The number of anilines is 2. The van der Waals surface area contributed by atoms with E-state index in [0.29, 0.717) is 34.5 Å². The maximum Gasteiger partial charge on any atom is 0.359 e. The van der Waals surface area contributed by atoms with Crippen molar-refractivity contribution in [1.82, 2.24) is 44.8 Å². The number of carboxylic acid groups (broad SMARTS) is 1. The highest BCUT2D eigenvalue weighted by molar-refractivity contribution is 6.02. The van der Waals surface area contributed by atoms with Crippen LogP contribution < -0.4 is 30.3 Å². The van der Waals surface area contributed by atoms with E-state index in [1.165, 1.54) is 32.4 Å². The lowest BCUT2D eigenvalue weighted by atomic mass is 10.2. The first-order valence-electron chi connectivity index (χ1n) is 17.7. The Balaban J connectivity index is 0.000000217. The Kier molecular flexibility index (Phi) is 16.0. The smallest absolute Gasteiger partial charge is 0.359 e. The summed E-state index contributed by atoms with van der Waals surface area (Å²) in [5, 5.41) is 18.7. The summed E-state index contributed by atoms with van der Waals surface area (Å²) >= 11 is 0. The molecule has 0 aliphatic carbocycles. The van der Waals surface area contributed by atoms with Gasteiger partial charge < -0.3 is 25.6 Å². The second-order valence-electron chi connectivity index (χ2n) is 12.7. The molecule has 19 nitrogen and oxygen atoms in total. The number of aromatic carboxylic acids is 1. The Morgan fingerprint density at radius 1 is 0.738 bits per heavy atom. The van der Waals surface area contributed by atoms with Gasteiger partial charge in [0.05, 0.1) is 36.9 Å². The highest BCUT2D eigenvalue weighted by Crippen LogP contribution is 2.28. The fourth-order valence-corrected chi connectivity index (χ4v) is 5.58. The zero-order valence-corrected chi connectivity index (χ0v) is 32.6. The Morgan fingerprint density at radius 3 is 1.70 bits per heavy atom. The number of carbonyl (C=O) groups is 4. The average molecular weight is 863 g/mol. The number of nitrogens with two attached hydrogens (primary N) is 1. The molecule has 0 unspecified atom stereocenters. The lowest BCUT2D eigenvalue weighted by molar-refractivity contribution is -0.121. The number of ether oxygens (including phenoxy) is 2. The minimum atomic E-state index is -1.38. The van der Waals surface area contributed by atoms with Crippen LogP contribution in [0, 0.1) is 11.6 Å². The molecule has 2 aliphatic heterocycles. The van der Waals surface area contributed by atoms with Gasteiger partial charge in [0.1, 0.15) is 25.3 Å². The lowest BCUT2D eigenvalue weighted by Gasteiger charge is -2.19. The van der Waals surface area contributed by atoms with E-state index in [0.717, 1.165) is 12.4 Å². The van der Waals surface area contributed by atoms with Gasteiger partial charge in [-0.15, -0.1) is 12.4 Å².